The molecule has 1 N–H and O–H groups in total. The van der Waals surface area contributed by atoms with E-state index in [1.807, 2.05) is 6.92 Å². The van der Waals surface area contributed by atoms with Crippen molar-refractivity contribution in [3.8, 4) is 0 Å². The fourth-order valence-electron chi connectivity index (χ4n) is 3.33. The molecule has 158 valence electrons. The Hall–Kier alpha value is -2.25. The molecule has 0 radical (unpaired) electrons. The van der Waals surface area contributed by atoms with Gasteiger partial charge < -0.3 is 10.1 Å². The molecule has 0 aliphatic carbocycles. The number of nitrogens with zero attached hydrogens (tertiary/aromatic N) is 1. The van der Waals surface area contributed by atoms with Crippen LogP contribution in [0, 0.1) is 0 Å². The van der Waals surface area contributed by atoms with E-state index in [0.717, 1.165) is 38.1 Å². The second-order valence-electron chi connectivity index (χ2n) is 6.76. The molecule has 1 fully saturated rings. The Morgan fingerprint density at radius 2 is 1.83 bits per heavy atom. The molecule has 1 heterocycles. The van der Waals surface area contributed by atoms with Gasteiger partial charge in [0.15, 0.2) is 6.23 Å². The lowest BCUT2D eigenvalue weighted by Gasteiger charge is -2.26. The van der Waals surface area contributed by atoms with Crippen molar-refractivity contribution in [1.82, 2.24) is 4.90 Å². The lowest BCUT2D eigenvalue weighted by atomic mass is 10.1. The van der Waals surface area contributed by atoms with Crippen molar-refractivity contribution in [2.45, 2.75) is 38.6 Å². The minimum atomic E-state index is -4.43. The summed E-state index contributed by atoms with van der Waals surface area (Å²) in [6, 6.07) is 11.5. The molecule has 1 aliphatic rings. The lowest BCUT2D eigenvalue weighted by molar-refractivity contribution is -0.137. The maximum Gasteiger partial charge on any atom is 0.416 e. The summed E-state index contributed by atoms with van der Waals surface area (Å²) in [5, 5.41) is 2.91. The molecule has 1 saturated heterocycles. The molecule has 2 aromatic rings. The smallest absolute Gasteiger partial charge is 0.416 e. The summed E-state index contributed by atoms with van der Waals surface area (Å²) in [7, 11) is 0. The van der Waals surface area contributed by atoms with E-state index in [1.165, 1.54) is 12.1 Å². The number of esters is 1. The number of halogens is 4. The first-order valence-corrected chi connectivity index (χ1v) is 9.37. The van der Waals surface area contributed by atoms with Gasteiger partial charge in [0.1, 0.15) is 0 Å². The number of carbonyl (C=O) groups is 1. The van der Waals surface area contributed by atoms with Crippen molar-refractivity contribution >= 4 is 29.8 Å². The molecule has 2 aromatic carbocycles. The van der Waals surface area contributed by atoms with Crippen LogP contribution in [0.5, 0.6) is 0 Å². The number of alkyl halides is 3. The van der Waals surface area contributed by atoms with Gasteiger partial charge in [-0.3, -0.25) is 4.90 Å². The first-order chi connectivity index (χ1) is 13.4. The van der Waals surface area contributed by atoms with E-state index >= 15 is 0 Å². The third kappa shape index (κ3) is 5.87. The summed E-state index contributed by atoms with van der Waals surface area (Å²) < 4.78 is 44.5. The van der Waals surface area contributed by atoms with Gasteiger partial charge in [-0.15, -0.1) is 12.4 Å². The lowest BCUT2D eigenvalue weighted by Crippen LogP contribution is -2.36. The number of ether oxygens (including phenoxy) is 1. The van der Waals surface area contributed by atoms with E-state index < -0.39 is 17.7 Å². The van der Waals surface area contributed by atoms with Gasteiger partial charge in [0.2, 0.25) is 0 Å². The van der Waals surface area contributed by atoms with Crippen molar-refractivity contribution < 1.29 is 22.7 Å². The number of hydrogen-bond acceptors (Lipinski definition) is 4. The molecule has 0 saturated carbocycles. The Kier molecular flexibility index (Phi) is 7.93. The zero-order chi connectivity index (χ0) is 20.1. The molecule has 0 bridgehead atoms. The number of hydrogen-bond donors (Lipinski definition) is 1. The minimum Gasteiger partial charge on any atom is -0.443 e. The average molecular weight is 429 g/mol. The van der Waals surface area contributed by atoms with Gasteiger partial charge in [0, 0.05) is 18.8 Å². The first kappa shape index (κ1) is 23.0. The number of nitrogens with one attached hydrogen (secondary N) is 1. The SMILES string of the molecule is CCC(OC(=O)c1ccccc1Nc1cccc(C(F)(F)F)c1)N1CCCC1.Cl. The third-order valence-electron chi connectivity index (χ3n) is 4.76. The van der Waals surface area contributed by atoms with Gasteiger partial charge >= 0.3 is 12.1 Å². The topological polar surface area (TPSA) is 41.6 Å². The van der Waals surface area contributed by atoms with Gasteiger partial charge in [-0.2, -0.15) is 13.2 Å². The van der Waals surface area contributed by atoms with Gasteiger partial charge in [0.05, 0.1) is 16.8 Å². The number of likely N-dealkylation sites (tertiary alicyclic amines) is 1. The van der Waals surface area contributed by atoms with E-state index in [9.17, 15) is 18.0 Å². The number of carbonyl (C=O) groups excluding carboxylic acids is 1. The predicted molar refractivity (Wildman–Crippen MR) is 109 cm³/mol. The summed E-state index contributed by atoms with van der Waals surface area (Å²) in [5.74, 6) is -0.492. The van der Waals surface area contributed by atoms with E-state index in [0.29, 0.717) is 12.1 Å². The quantitative estimate of drug-likeness (QED) is 0.585. The van der Waals surface area contributed by atoms with Crippen molar-refractivity contribution in [3.05, 3.63) is 59.7 Å². The molecule has 1 aliphatic heterocycles. The highest BCUT2D eigenvalue weighted by molar-refractivity contribution is 5.96. The second-order valence-corrected chi connectivity index (χ2v) is 6.76. The van der Waals surface area contributed by atoms with Crippen LogP contribution in [0.4, 0.5) is 24.5 Å². The summed E-state index contributed by atoms with van der Waals surface area (Å²) in [5.41, 5.74) is 0.194. The molecular weight excluding hydrogens is 405 g/mol. The Morgan fingerprint density at radius 1 is 1.14 bits per heavy atom. The van der Waals surface area contributed by atoms with Crippen LogP contribution in [-0.2, 0) is 10.9 Å². The standard InChI is InChI=1S/C21H23F3N2O2.ClH/c1-2-19(26-12-5-6-13-26)28-20(27)17-10-3-4-11-18(17)25-16-9-7-8-15(14-16)21(22,23)24;/h3-4,7-11,14,19,25H,2,5-6,12-13H2,1H3;1H. The van der Waals surface area contributed by atoms with Crippen LogP contribution in [0.15, 0.2) is 48.5 Å². The van der Waals surface area contributed by atoms with Crippen LogP contribution in [0.3, 0.4) is 0 Å². The third-order valence-corrected chi connectivity index (χ3v) is 4.76. The zero-order valence-electron chi connectivity index (χ0n) is 16.0. The average Bonchev–Trinajstić information content (AvgIpc) is 3.20. The normalized spacial score (nSPS) is 15.4. The Bertz CT molecular complexity index is 824. The van der Waals surface area contributed by atoms with Crippen molar-refractivity contribution in [2.75, 3.05) is 18.4 Å². The Labute approximate surface area is 174 Å². The zero-order valence-corrected chi connectivity index (χ0v) is 16.9. The van der Waals surface area contributed by atoms with E-state index in [2.05, 4.69) is 10.2 Å². The van der Waals surface area contributed by atoms with Crippen LogP contribution >= 0.6 is 12.4 Å². The maximum atomic E-state index is 12.9. The number of anilines is 2. The Morgan fingerprint density at radius 3 is 2.48 bits per heavy atom. The van der Waals surface area contributed by atoms with E-state index in [1.54, 1.807) is 24.3 Å². The van der Waals surface area contributed by atoms with Crippen LogP contribution in [-0.4, -0.2) is 30.2 Å². The number of benzene rings is 2. The van der Waals surface area contributed by atoms with Crippen molar-refractivity contribution in [3.63, 3.8) is 0 Å². The van der Waals surface area contributed by atoms with Gasteiger partial charge in [0.25, 0.3) is 0 Å². The molecule has 0 aromatic heterocycles. The van der Waals surface area contributed by atoms with Crippen molar-refractivity contribution in [2.24, 2.45) is 0 Å². The highest BCUT2D eigenvalue weighted by atomic mass is 35.5. The van der Waals surface area contributed by atoms with E-state index in [-0.39, 0.29) is 29.9 Å². The highest BCUT2D eigenvalue weighted by Crippen LogP contribution is 2.32. The molecule has 1 unspecified atom stereocenters. The molecule has 29 heavy (non-hydrogen) atoms. The van der Waals surface area contributed by atoms with Gasteiger partial charge in [-0.05, 0) is 49.6 Å². The molecule has 8 heteroatoms. The van der Waals surface area contributed by atoms with Crippen LogP contribution in [0.25, 0.3) is 0 Å². The molecular formula is C21H24ClF3N2O2. The summed E-state index contributed by atoms with van der Waals surface area (Å²) in [4.78, 5) is 14.9. The summed E-state index contributed by atoms with van der Waals surface area (Å²) in [6.07, 6.45) is -1.88. The number of rotatable bonds is 6. The van der Waals surface area contributed by atoms with Gasteiger partial charge in [-0.25, -0.2) is 4.79 Å². The molecule has 3 rings (SSSR count). The molecule has 0 spiro atoms. The van der Waals surface area contributed by atoms with Gasteiger partial charge in [-0.1, -0.05) is 25.1 Å². The summed E-state index contributed by atoms with van der Waals surface area (Å²) in [6.45, 7) is 3.76. The fourth-order valence-corrected chi connectivity index (χ4v) is 3.33. The number of para-hydroxylation sites is 1. The Balaban J connectivity index is 0.00000300. The van der Waals surface area contributed by atoms with E-state index in [4.69, 9.17) is 4.74 Å². The largest absolute Gasteiger partial charge is 0.443 e. The minimum absolute atomic E-state index is 0. The highest BCUT2D eigenvalue weighted by Gasteiger charge is 2.30. The molecule has 4 nitrogen and oxygen atoms in total. The van der Waals surface area contributed by atoms with Crippen molar-refractivity contribution in [1.29, 1.82) is 0 Å². The molecule has 0 amide bonds. The second kappa shape index (κ2) is 9.98. The predicted octanol–water partition coefficient (Wildman–Crippen LogP) is 5.86. The fraction of sp³-hybridized carbons (Fsp3) is 0.381. The van der Waals surface area contributed by atoms with Crippen LogP contribution in [0.2, 0.25) is 0 Å². The van der Waals surface area contributed by atoms with Crippen LogP contribution in [0.1, 0.15) is 42.1 Å². The monoisotopic (exact) mass is 428 g/mol. The van der Waals surface area contributed by atoms with Crippen LogP contribution < -0.4 is 5.32 Å². The summed E-state index contributed by atoms with van der Waals surface area (Å²) >= 11 is 0. The maximum absolute atomic E-state index is 12.9. The molecule has 1 atom stereocenters. The first-order valence-electron chi connectivity index (χ1n) is 9.37.